The maximum atomic E-state index is 5.69. The Morgan fingerprint density at radius 3 is 2.62 bits per heavy atom. The van der Waals surface area contributed by atoms with Gasteiger partial charge in [0.15, 0.2) is 5.79 Å². The van der Waals surface area contributed by atoms with Gasteiger partial charge in [-0.2, -0.15) is 0 Å². The second kappa shape index (κ2) is 3.43. The molecule has 74 valence electrons. The van der Waals surface area contributed by atoms with Crippen LogP contribution in [-0.2, 0) is 9.47 Å². The van der Waals surface area contributed by atoms with Crippen LogP contribution in [0.25, 0.3) is 0 Å². The van der Waals surface area contributed by atoms with Gasteiger partial charge in [-0.3, -0.25) is 0 Å². The Hall–Kier alpha value is -0.340. The molecule has 0 aromatic carbocycles. The van der Waals surface area contributed by atoms with Crippen LogP contribution < -0.4 is 0 Å². The van der Waals surface area contributed by atoms with Crippen molar-refractivity contribution in [1.82, 2.24) is 0 Å². The molecule has 0 amide bonds. The van der Waals surface area contributed by atoms with Gasteiger partial charge in [-0.15, -0.1) is 0 Å². The fourth-order valence-electron chi connectivity index (χ4n) is 2.47. The third-order valence-electron chi connectivity index (χ3n) is 3.25. The van der Waals surface area contributed by atoms with E-state index in [1.807, 2.05) is 0 Å². The molecule has 0 unspecified atom stereocenters. The summed E-state index contributed by atoms with van der Waals surface area (Å²) in [7, 11) is 0. The van der Waals surface area contributed by atoms with Gasteiger partial charge < -0.3 is 9.47 Å². The summed E-state index contributed by atoms with van der Waals surface area (Å²) in [6, 6.07) is 0. The van der Waals surface area contributed by atoms with Crippen LogP contribution in [0.2, 0.25) is 0 Å². The molecule has 0 aromatic heterocycles. The first-order chi connectivity index (χ1) is 6.22. The third-order valence-corrected chi connectivity index (χ3v) is 3.25. The second-order valence-corrected chi connectivity index (χ2v) is 4.18. The molecule has 13 heavy (non-hydrogen) atoms. The Kier molecular flexibility index (Phi) is 2.43. The molecule has 2 atom stereocenters. The predicted octanol–water partition coefficient (Wildman–Crippen LogP) is 2.35. The maximum Gasteiger partial charge on any atom is 0.169 e. The highest BCUT2D eigenvalue weighted by atomic mass is 16.7. The van der Waals surface area contributed by atoms with Crippen molar-refractivity contribution in [2.24, 2.45) is 11.8 Å². The van der Waals surface area contributed by atoms with Gasteiger partial charge in [0, 0.05) is 5.92 Å². The van der Waals surface area contributed by atoms with E-state index in [0.717, 1.165) is 19.6 Å². The molecule has 2 rings (SSSR count). The molecular formula is C11H18O2. The number of hydrogen-bond acceptors (Lipinski definition) is 2. The highest BCUT2D eigenvalue weighted by molar-refractivity contribution is 4.99. The molecule has 2 nitrogen and oxygen atoms in total. The summed E-state index contributed by atoms with van der Waals surface area (Å²) in [5.74, 6) is 0.793. The van der Waals surface area contributed by atoms with E-state index in [-0.39, 0.29) is 5.79 Å². The van der Waals surface area contributed by atoms with E-state index in [0.29, 0.717) is 11.8 Å². The second-order valence-electron chi connectivity index (χ2n) is 4.18. The van der Waals surface area contributed by atoms with Gasteiger partial charge in [0.25, 0.3) is 0 Å². The largest absolute Gasteiger partial charge is 0.348 e. The molecule has 2 heteroatoms. The van der Waals surface area contributed by atoms with Crippen LogP contribution >= 0.6 is 0 Å². The fraction of sp³-hybridized carbons (Fsp3) is 0.818. The lowest BCUT2D eigenvalue weighted by Gasteiger charge is -2.36. The summed E-state index contributed by atoms with van der Waals surface area (Å²) in [5.41, 5.74) is 0. The monoisotopic (exact) mass is 182 g/mol. The molecule has 0 saturated carbocycles. The van der Waals surface area contributed by atoms with Crippen LogP contribution in [-0.4, -0.2) is 19.0 Å². The lowest BCUT2D eigenvalue weighted by Crippen LogP contribution is -2.40. The van der Waals surface area contributed by atoms with Crippen molar-refractivity contribution >= 4 is 0 Å². The van der Waals surface area contributed by atoms with Crippen LogP contribution in [0.5, 0.6) is 0 Å². The Bertz CT molecular complexity index is 204. The third kappa shape index (κ3) is 1.65. The zero-order valence-electron chi connectivity index (χ0n) is 8.45. The van der Waals surface area contributed by atoms with Crippen molar-refractivity contribution in [2.75, 3.05) is 13.2 Å². The van der Waals surface area contributed by atoms with Gasteiger partial charge in [0.05, 0.1) is 13.2 Å². The molecule has 1 fully saturated rings. The van der Waals surface area contributed by atoms with E-state index in [2.05, 4.69) is 26.0 Å². The van der Waals surface area contributed by atoms with Crippen LogP contribution in [0.15, 0.2) is 12.2 Å². The van der Waals surface area contributed by atoms with Crippen LogP contribution in [0.1, 0.15) is 26.7 Å². The molecule has 0 radical (unpaired) electrons. The Morgan fingerprint density at radius 1 is 1.31 bits per heavy atom. The van der Waals surface area contributed by atoms with E-state index < -0.39 is 0 Å². The lowest BCUT2D eigenvalue weighted by atomic mass is 9.80. The van der Waals surface area contributed by atoms with Crippen LogP contribution in [0.3, 0.4) is 0 Å². The zero-order chi connectivity index (χ0) is 9.31. The topological polar surface area (TPSA) is 18.5 Å². The van der Waals surface area contributed by atoms with Crippen molar-refractivity contribution in [3.05, 3.63) is 12.2 Å². The molecule has 1 heterocycles. The Labute approximate surface area is 79.9 Å². The van der Waals surface area contributed by atoms with Gasteiger partial charge in [-0.1, -0.05) is 19.1 Å². The highest BCUT2D eigenvalue weighted by Gasteiger charge is 2.42. The van der Waals surface area contributed by atoms with E-state index >= 15 is 0 Å². The van der Waals surface area contributed by atoms with Gasteiger partial charge in [-0.25, -0.2) is 0 Å². The molecule has 0 N–H and O–H groups in total. The summed E-state index contributed by atoms with van der Waals surface area (Å²) >= 11 is 0. The first-order valence-electron chi connectivity index (χ1n) is 5.17. The first-order valence-corrected chi connectivity index (χ1v) is 5.17. The smallest absolute Gasteiger partial charge is 0.169 e. The number of rotatable bonds is 1. The van der Waals surface area contributed by atoms with Gasteiger partial charge >= 0.3 is 0 Å². The summed E-state index contributed by atoms with van der Waals surface area (Å²) in [6.45, 7) is 5.84. The molecule has 1 saturated heterocycles. The van der Waals surface area contributed by atoms with Crippen molar-refractivity contribution in [3.8, 4) is 0 Å². The minimum absolute atomic E-state index is 0.315. The quantitative estimate of drug-likeness (QED) is 0.579. The maximum absolute atomic E-state index is 5.69. The number of ether oxygens (including phenoxy) is 2. The minimum Gasteiger partial charge on any atom is -0.348 e. The van der Waals surface area contributed by atoms with Gasteiger partial charge in [0.1, 0.15) is 0 Å². The van der Waals surface area contributed by atoms with E-state index in [1.165, 1.54) is 6.42 Å². The minimum atomic E-state index is -0.315. The average Bonchev–Trinajstić information content (AvgIpc) is 2.54. The standard InChI is InChI=1S/C11H18O2/c1-9-5-3-4-6-10(9)11(2)12-7-8-13-11/h3,5,9-10H,4,6-8H2,1-2H3/t9-,10-/m0/s1. The predicted molar refractivity (Wildman–Crippen MR) is 51.3 cm³/mol. The SMILES string of the molecule is C[C@H]1C=CCC[C@@H]1C1(C)OCCO1. The van der Waals surface area contributed by atoms with Crippen LogP contribution in [0, 0.1) is 11.8 Å². The van der Waals surface area contributed by atoms with Crippen molar-refractivity contribution in [1.29, 1.82) is 0 Å². The highest BCUT2D eigenvalue weighted by Crippen LogP contribution is 2.38. The average molecular weight is 182 g/mol. The summed E-state index contributed by atoms with van der Waals surface area (Å²) < 4.78 is 11.4. The summed E-state index contributed by atoms with van der Waals surface area (Å²) in [6.07, 6.45) is 6.90. The van der Waals surface area contributed by atoms with E-state index in [9.17, 15) is 0 Å². The van der Waals surface area contributed by atoms with Crippen LogP contribution in [0.4, 0.5) is 0 Å². The van der Waals surface area contributed by atoms with Crippen molar-refractivity contribution in [3.63, 3.8) is 0 Å². The normalized spacial score (nSPS) is 38.0. The summed E-state index contributed by atoms with van der Waals surface area (Å²) in [5, 5.41) is 0. The first kappa shape index (κ1) is 9.22. The molecule has 0 aromatic rings. The lowest BCUT2D eigenvalue weighted by molar-refractivity contribution is -0.191. The summed E-state index contributed by atoms with van der Waals surface area (Å²) in [4.78, 5) is 0. The van der Waals surface area contributed by atoms with Crippen molar-refractivity contribution < 1.29 is 9.47 Å². The Morgan fingerprint density at radius 2 is 2.00 bits per heavy atom. The van der Waals surface area contributed by atoms with Crippen molar-refractivity contribution in [2.45, 2.75) is 32.5 Å². The molecule has 0 spiro atoms. The molecule has 0 bridgehead atoms. The Balaban J connectivity index is 2.10. The molecule has 2 aliphatic rings. The zero-order valence-corrected chi connectivity index (χ0v) is 8.45. The van der Waals surface area contributed by atoms with E-state index in [4.69, 9.17) is 9.47 Å². The van der Waals surface area contributed by atoms with E-state index in [1.54, 1.807) is 0 Å². The number of hydrogen-bond donors (Lipinski definition) is 0. The fourth-order valence-corrected chi connectivity index (χ4v) is 2.47. The van der Waals surface area contributed by atoms with Gasteiger partial charge in [0.2, 0.25) is 0 Å². The molecule has 1 aliphatic carbocycles. The number of allylic oxidation sites excluding steroid dienone is 2. The molecule has 1 aliphatic heterocycles. The van der Waals surface area contributed by atoms with Gasteiger partial charge in [-0.05, 0) is 25.7 Å². The molecular weight excluding hydrogens is 164 g/mol.